The molecule has 230 valence electrons. The van der Waals surface area contributed by atoms with Crippen molar-refractivity contribution in [3.63, 3.8) is 0 Å². The number of amides is 2. The molecule has 0 saturated heterocycles. The molecule has 2 amide bonds. The van der Waals surface area contributed by atoms with E-state index in [0.29, 0.717) is 44.3 Å². The maximum atomic E-state index is 13.6. The van der Waals surface area contributed by atoms with Crippen LogP contribution in [-0.4, -0.2) is 57.2 Å². The third-order valence-corrected chi connectivity index (χ3v) is 9.14. The SMILES string of the molecule is CNC(=O)c1c(-c2ccc(C)cc2)oc2cc(N(C)S(C)(=O)=O)c(-c3ccc4c(n3)C(=O)N(Cc3ccc(Cl)cc3)CO4)cc12. The number of halogens is 1. The predicted molar refractivity (Wildman–Crippen MR) is 173 cm³/mol. The van der Waals surface area contributed by atoms with Gasteiger partial charge in [-0.05, 0) is 42.8 Å². The van der Waals surface area contributed by atoms with Crippen LogP contribution >= 0.6 is 11.6 Å². The summed E-state index contributed by atoms with van der Waals surface area (Å²) < 4.78 is 38.8. The summed E-state index contributed by atoms with van der Waals surface area (Å²) in [4.78, 5) is 33.1. The molecular formula is C33H29ClN4O6S. The Morgan fingerprint density at radius 3 is 2.44 bits per heavy atom. The van der Waals surface area contributed by atoms with Crippen LogP contribution in [0.1, 0.15) is 32.0 Å². The van der Waals surface area contributed by atoms with E-state index in [2.05, 4.69) is 10.3 Å². The number of anilines is 1. The van der Waals surface area contributed by atoms with Crippen molar-refractivity contribution in [2.24, 2.45) is 0 Å². The van der Waals surface area contributed by atoms with E-state index in [4.69, 9.17) is 20.8 Å². The number of aromatic nitrogens is 1. The number of nitrogens with zero attached hydrogens (tertiary/aromatic N) is 3. The van der Waals surface area contributed by atoms with Gasteiger partial charge in [0.05, 0.1) is 23.2 Å². The number of carbonyl (C=O) groups excluding carboxylic acids is 2. The summed E-state index contributed by atoms with van der Waals surface area (Å²) in [6.07, 6.45) is 1.09. The Balaban J connectivity index is 1.51. The molecule has 1 N–H and O–H groups in total. The number of pyridine rings is 1. The number of aryl methyl sites for hydroxylation is 1. The zero-order chi connectivity index (χ0) is 32.0. The van der Waals surface area contributed by atoms with Gasteiger partial charge < -0.3 is 14.5 Å². The van der Waals surface area contributed by atoms with Crippen LogP contribution < -0.4 is 14.4 Å². The molecule has 6 rings (SSSR count). The van der Waals surface area contributed by atoms with Crippen molar-refractivity contribution >= 4 is 50.1 Å². The summed E-state index contributed by atoms with van der Waals surface area (Å²) in [5.74, 6) is -0.0667. The molecule has 10 nitrogen and oxygen atoms in total. The molecule has 0 bridgehead atoms. The van der Waals surface area contributed by atoms with Crippen LogP contribution in [-0.2, 0) is 16.6 Å². The number of nitrogens with one attached hydrogen (secondary N) is 1. The van der Waals surface area contributed by atoms with E-state index in [1.807, 2.05) is 43.3 Å². The molecule has 5 aromatic rings. The van der Waals surface area contributed by atoms with Gasteiger partial charge in [-0.3, -0.25) is 18.8 Å². The highest BCUT2D eigenvalue weighted by atomic mass is 35.5. The van der Waals surface area contributed by atoms with Crippen LogP contribution in [0, 0.1) is 6.92 Å². The minimum atomic E-state index is -3.74. The summed E-state index contributed by atoms with van der Waals surface area (Å²) in [6.45, 7) is 2.28. The number of rotatable bonds is 7. The number of hydrogen-bond donors (Lipinski definition) is 1. The van der Waals surface area contributed by atoms with E-state index in [1.165, 1.54) is 19.0 Å². The molecule has 0 saturated carbocycles. The predicted octanol–water partition coefficient (Wildman–Crippen LogP) is 5.87. The molecule has 0 atom stereocenters. The van der Waals surface area contributed by atoms with Crippen LogP contribution in [0.3, 0.4) is 0 Å². The normalized spacial score (nSPS) is 13.0. The molecule has 0 radical (unpaired) electrons. The molecule has 0 fully saturated rings. The minimum absolute atomic E-state index is 0.0375. The highest BCUT2D eigenvalue weighted by Gasteiger charge is 2.30. The van der Waals surface area contributed by atoms with Crippen molar-refractivity contribution in [1.82, 2.24) is 15.2 Å². The van der Waals surface area contributed by atoms with Crippen molar-refractivity contribution < 1.29 is 27.2 Å². The number of sulfonamides is 1. The van der Waals surface area contributed by atoms with Crippen LogP contribution in [0.2, 0.25) is 5.02 Å². The first-order chi connectivity index (χ1) is 21.4. The zero-order valence-corrected chi connectivity index (χ0v) is 26.5. The fourth-order valence-electron chi connectivity index (χ4n) is 5.18. The summed E-state index contributed by atoms with van der Waals surface area (Å²) in [7, 11) is -0.788. The van der Waals surface area contributed by atoms with Crippen molar-refractivity contribution in [2.75, 3.05) is 31.4 Å². The summed E-state index contributed by atoms with van der Waals surface area (Å²) in [6, 6.07) is 21.2. The first-order valence-corrected chi connectivity index (χ1v) is 16.2. The zero-order valence-electron chi connectivity index (χ0n) is 24.9. The lowest BCUT2D eigenvalue weighted by atomic mass is 10.00. The van der Waals surface area contributed by atoms with Crippen molar-refractivity contribution in [2.45, 2.75) is 13.5 Å². The van der Waals surface area contributed by atoms with E-state index < -0.39 is 10.0 Å². The van der Waals surface area contributed by atoms with Gasteiger partial charge in [-0.15, -0.1) is 0 Å². The molecule has 3 aromatic carbocycles. The van der Waals surface area contributed by atoms with Gasteiger partial charge in [0, 0.05) is 48.2 Å². The Bertz CT molecular complexity index is 2080. The van der Waals surface area contributed by atoms with E-state index in [-0.39, 0.29) is 42.0 Å². The van der Waals surface area contributed by atoms with Crippen LogP contribution in [0.5, 0.6) is 5.75 Å². The summed E-state index contributed by atoms with van der Waals surface area (Å²) in [5.41, 5.74) is 4.22. The van der Waals surface area contributed by atoms with Gasteiger partial charge in [0.15, 0.2) is 18.2 Å². The van der Waals surface area contributed by atoms with Gasteiger partial charge in [0.1, 0.15) is 11.3 Å². The largest absolute Gasteiger partial charge is 0.471 e. The van der Waals surface area contributed by atoms with E-state index >= 15 is 0 Å². The Morgan fingerprint density at radius 1 is 1.07 bits per heavy atom. The topological polar surface area (TPSA) is 122 Å². The first-order valence-electron chi connectivity index (χ1n) is 14.0. The number of furan rings is 1. The number of benzene rings is 3. The van der Waals surface area contributed by atoms with E-state index in [0.717, 1.165) is 21.7 Å². The summed E-state index contributed by atoms with van der Waals surface area (Å²) in [5, 5.41) is 3.73. The molecule has 0 aliphatic carbocycles. The number of hydrogen-bond acceptors (Lipinski definition) is 7. The second-order valence-corrected chi connectivity index (χ2v) is 13.2. The third-order valence-electron chi connectivity index (χ3n) is 7.70. The molecule has 0 unspecified atom stereocenters. The molecular weight excluding hydrogens is 616 g/mol. The monoisotopic (exact) mass is 644 g/mol. The fourth-order valence-corrected chi connectivity index (χ4v) is 5.82. The van der Waals surface area contributed by atoms with Crippen LogP contribution in [0.4, 0.5) is 5.69 Å². The van der Waals surface area contributed by atoms with Gasteiger partial charge in [-0.25, -0.2) is 13.4 Å². The Morgan fingerprint density at radius 2 is 1.78 bits per heavy atom. The van der Waals surface area contributed by atoms with Crippen LogP contribution in [0.15, 0.2) is 77.2 Å². The minimum Gasteiger partial charge on any atom is -0.471 e. The Kier molecular flexibility index (Phi) is 7.75. The molecule has 2 aromatic heterocycles. The molecule has 3 heterocycles. The summed E-state index contributed by atoms with van der Waals surface area (Å²) >= 11 is 6.01. The van der Waals surface area contributed by atoms with Gasteiger partial charge in [0.2, 0.25) is 10.0 Å². The quantitative estimate of drug-likeness (QED) is 0.235. The van der Waals surface area contributed by atoms with Crippen molar-refractivity contribution in [1.29, 1.82) is 0 Å². The van der Waals surface area contributed by atoms with Gasteiger partial charge in [-0.1, -0.05) is 53.6 Å². The van der Waals surface area contributed by atoms with E-state index in [9.17, 15) is 18.0 Å². The smallest absolute Gasteiger partial charge is 0.279 e. The highest BCUT2D eigenvalue weighted by molar-refractivity contribution is 7.92. The Hall–Kier alpha value is -4.87. The number of fused-ring (bicyclic) bond motifs is 2. The van der Waals surface area contributed by atoms with Gasteiger partial charge >= 0.3 is 0 Å². The molecule has 1 aliphatic heterocycles. The average molecular weight is 645 g/mol. The van der Waals surface area contributed by atoms with E-state index in [1.54, 1.807) is 36.4 Å². The lowest BCUT2D eigenvalue weighted by Gasteiger charge is -2.28. The maximum absolute atomic E-state index is 13.6. The van der Waals surface area contributed by atoms with Crippen LogP contribution in [0.25, 0.3) is 33.6 Å². The number of ether oxygens (including phenoxy) is 1. The highest BCUT2D eigenvalue weighted by Crippen LogP contribution is 2.41. The standard InChI is InChI=1S/C33H29ClN4O6S/c1-19-5-9-21(10-6-19)31-29(32(39)35-2)24-15-23(26(16-28(24)44-31)37(3)45(4,41)42)25-13-14-27-30(36-25)33(40)38(18-43-27)17-20-7-11-22(34)12-8-20/h5-16H,17-18H2,1-4H3,(H,35,39). The maximum Gasteiger partial charge on any atom is 0.279 e. The van der Waals surface area contributed by atoms with Gasteiger partial charge in [0.25, 0.3) is 11.8 Å². The molecule has 0 spiro atoms. The lowest BCUT2D eigenvalue weighted by molar-refractivity contribution is 0.0488. The average Bonchev–Trinajstić information content (AvgIpc) is 3.40. The third kappa shape index (κ3) is 5.72. The second kappa shape index (κ2) is 11.6. The number of carbonyl (C=O) groups is 2. The molecule has 12 heteroatoms. The van der Waals surface area contributed by atoms with Crippen molar-refractivity contribution in [3.8, 4) is 28.3 Å². The Labute approximate surface area is 265 Å². The van der Waals surface area contributed by atoms with Crippen molar-refractivity contribution in [3.05, 3.63) is 100 Å². The van der Waals surface area contributed by atoms with Gasteiger partial charge in [-0.2, -0.15) is 0 Å². The lowest BCUT2D eigenvalue weighted by Crippen LogP contribution is -2.38. The second-order valence-electron chi connectivity index (χ2n) is 10.8. The molecule has 1 aliphatic rings. The first kappa shape index (κ1) is 30.2. The molecule has 45 heavy (non-hydrogen) atoms. The fraction of sp³-hybridized carbons (Fsp3) is 0.182.